The lowest BCUT2D eigenvalue weighted by molar-refractivity contribution is 0.822. The van der Waals surface area contributed by atoms with Gasteiger partial charge in [-0.15, -0.1) is 0 Å². The molecule has 2 aromatic rings. The van der Waals surface area contributed by atoms with Crippen molar-refractivity contribution in [1.82, 2.24) is 4.98 Å². The van der Waals surface area contributed by atoms with Gasteiger partial charge in [0.25, 0.3) is 0 Å². The third kappa shape index (κ3) is 2.75. The van der Waals surface area contributed by atoms with Crippen molar-refractivity contribution < 1.29 is 0 Å². The zero-order valence-corrected chi connectivity index (χ0v) is 11.0. The number of rotatable bonds is 3. The summed E-state index contributed by atoms with van der Waals surface area (Å²) >= 11 is 3.41. The molecule has 0 radical (unpaired) electrons. The van der Waals surface area contributed by atoms with Crippen LogP contribution in [0.2, 0.25) is 0 Å². The van der Waals surface area contributed by atoms with Crippen LogP contribution < -0.4 is 5.32 Å². The number of para-hydroxylation sites is 1. The number of fused-ring (bicyclic) bond motifs is 1. The third-order valence-corrected chi connectivity index (χ3v) is 2.91. The molecule has 0 amide bonds. The molecule has 0 aliphatic carbocycles. The van der Waals surface area contributed by atoms with Crippen molar-refractivity contribution in [3.63, 3.8) is 0 Å². The number of hydrogen-bond donors (Lipinski definition) is 1. The summed E-state index contributed by atoms with van der Waals surface area (Å²) in [5.74, 6) is 0. The van der Waals surface area contributed by atoms with Crippen LogP contribution in [-0.2, 0) is 0 Å². The fourth-order valence-electron chi connectivity index (χ4n) is 1.70. The molecule has 1 heterocycles. The molecule has 17 heavy (non-hydrogen) atoms. The summed E-state index contributed by atoms with van der Waals surface area (Å²) in [7, 11) is 0. The van der Waals surface area contributed by atoms with E-state index >= 15 is 0 Å². The minimum Gasteiger partial charge on any atom is -0.380 e. The van der Waals surface area contributed by atoms with E-state index in [0.717, 1.165) is 21.1 Å². The molecule has 0 saturated heterocycles. The van der Waals surface area contributed by atoms with Crippen molar-refractivity contribution in [3.05, 3.63) is 34.9 Å². The van der Waals surface area contributed by atoms with Crippen LogP contribution in [0.15, 0.2) is 34.9 Å². The van der Waals surface area contributed by atoms with Crippen LogP contribution in [0.3, 0.4) is 0 Å². The second-order valence-corrected chi connectivity index (χ2v) is 4.85. The first-order valence-electron chi connectivity index (χ1n) is 5.38. The topological polar surface area (TPSA) is 48.7 Å². The number of nitrogens with zero attached hydrogens (tertiary/aromatic N) is 2. The van der Waals surface area contributed by atoms with Gasteiger partial charge in [0, 0.05) is 22.1 Å². The monoisotopic (exact) mass is 289 g/mol. The van der Waals surface area contributed by atoms with E-state index in [9.17, 15) is 0 Å². The Morgan fingerprint density at radius 3 is 3.12 bits per heavy atom. The van der Waals surface area contributed by atoms with Crippen molar-refractivity contribution in [3.8, 4) is 6.07 Å². The van der Waals surface area contributed by atoms with E-state index < -0.39 is 0 Å². The molecule has 0 bridgehead atoms. The number of nitrogens with one attached hydrogen (secondary N) is 1. The first kappa shape index (κ1) is 11.9. The molecule has 1 N–H and O–H groups in total. The average molecular weight is 290 g/mol. The predicted molar refractivity (Wildman–Crippen MR) is 72.8 cm³/mol. The van der Waals surface area contributed by atoms with E-state index in [2.05, 4.69) is 32.3 Å². The smallest absolute Gasteiger partial charge is 0.0934 e. The molecule has 4 heteroatoms. The van der Waals surface area contributed by atoms with E-state index in [1.165, 1.54) is 0 Å². The maximum absolute atomic E-state index is 8.65. The van der Waals surface area contributed by atoms with Gasteiger partial charge in [0.2, 0.25) is 0 Å². The van der Waals surface area contributed by atoms with E-state index in [1.54, 1.807) is 6.20 Å². The number of hydrogen-bond acceptors (Lipinski definition) is 3. The zero-order chi connectivity index (χ0) is 12.3. The molecule has 1 aromatic carbocycles. The van der Waals surface area contributed by atoms with Gasteiger partial charge in [-0.1, -0.05) is 12.1 Å². The molecule has 1 aromatic heterocycles. The molecule has 0 spiro atoms. The van der Waals surface area contributed by atoms with Gasteiger partial charge < -0.3 is 5.32 Å². The van der Waals surface area contributed by atoms with E-state index in [4.69, 9.17) is 5.26 Å². The summed E-state index contributed by atoms with van der Waals surface area (Å²) in [4.78, 5) is 4.40. The molecule has 0 aliphatic heterocycles. The first-order chi connectivity index (χ1) is 8.20. The largest absolute Gasteiger partial charge is 0.380 e. The highest BCUT2D eigenvalue weighted by atomic mass is 79.9. The highest BCUT2D eigenvalue weighted by Crippen LogP contribution is 2.24. The Labute approximate surface area is 109 Å². The second kappa shape index (κ2) is 5.15. The van der Waals surface area contributed by atoms with Gasteiger partial charge in [-0.2, -0.15) is 5.26 Å². The lowest BCUT2D eigenvalue weighted by Crippen LogP contribution is -2.14. The number of pyridine rings is 1. The number of benzene rings is 1. The lowest BCUT2D eigenvalue weighted by atomic mass is 10.1. The minimum absolute atomic E-state index is 0.121. The highest BCUT2D eigenvalue weighted by Gasteiger charge is 2.06. The molecule has 2 rings (SSSR count). The van der Waals surface area contributed by atoms with Crippen molar-refractivity contribution >= 4 is 32.5 Å². The first-order valence-corrected chi connectivity index (χ1v) is 6.18. The normalized spacial score (nSPS) is 12.1. The Morgan fingerprint density at radius 2 is 2.35 bits per heavy atom. The van der Waals surface area contributed by atoms with Crippen molar-refractivity contribution in [2.45, 2.75) is 19.4 Å². The lowest BCUT2D eigenvalue weighted by Gasteiger charge is -2.13. The summed E-state index contributed by atoms with van der Waals surface area (Å²) in [6, 6.07) is 10.3. The van der Waals surface area contributed by atoms with Gasteiger partial charge in [0.1, 0.15) is 0 Å². The quantitative estimate of drug-likeness (QED) is 0.937. The van der Waals surface area contributed by atoms with Crippen LogP contribution in [0, 0.1) is 11.3 Å². The van der Waals surface area contributed by atoms with E-state index in [-0.39, 0.29) is 6.04 Å². The average Bonchev–Trinajstić information content (AvgIpc) is 2.29. The van der Waals surface area contributed by atoms with Gasteiger partial charge in [-0.05, 0) is 35.0 Å². The number of nitriles is 1. The Morgan fingerprint density at radius 1 is 1.53 bits per heavy atom. The van der Waals surface area contributed by atoms with Crippen molar-refractivity contribution in [2.75, 3.05) is 5.32 Å². The number of anilines is 1. The van der Waals surface area contributed by atoms with Gasteiger partial charge >= 0.3 is 0 Å². The van der Waals surface area contributed by atoms with Crippen molar-refractivity contribution in [1.29, 1.82) is 5.26 Å². The van der Waals surface area contributed by atoms with Crippen LogP contribution in [-0.4, -0.2) is 11.0 Å². The maximum Gasteiger partial charge on any atom is 0.0934 e. The molecule has 0 saturated carbocycles. The van der Waals surface area contributed by atoms with Crippen LogP contribution in [0.4, 0.5) is 5.69 Å². The SMILES string of the molecule is CC(CC#N)Nc1cccc2cc(Br)cnc12. The summed E-state index contributed by atoms with van der Waals surface area (Å²) in [6.45, 7) is 1.99. The Balaban J connectivity index is 2.38. The van der Waals surface area contributed by atoms with Gasteiger partial charge in [-0.25, -0.2) is 0 Å². The third-order valence-electron chi connectivity index (χ3n) is 2.48. The molecular weight excluding hydrogens is 278 g/mol. The molecule has 86 valence electrons. The molecule has 0 aliphatic rings. The fourth-order valence-corrected chi connectivity index (χ4v) is 2.05. The Bertz CT molecular complexity index is 574. The van der Waals surface area contributed by atoms with Crippen molar-refractivity contribution in [2.24, 2.45) is 0 Å². The Kier molecular flexibility index (Phi) is 3.60. The van der Waals surface area contributed by atoms with Gasteiger partial charge in [-0.3, -0.25) is 4.98 Å². The summed E-state index contributed by atoms with van der Waals surface area (Å²) in [6.07, 6.45) is 2.26. The maximum atomic E-state index is 8.65. The zero-order valence-electron chi connectivity index (χ0n) is 9.44. The molecule has 0 fully saturated rings. The fraction of sp³-hybridized carbons (Fsp3) is 0.231. The van der Waals surface area contributed by atoms with Crippen LogP contribution in [0.25, 0.3) is 10.9 Å². The standard InChI is InChI=1S/C13H12BrN3/c1-9(5-6-15)17-12-4-2-3-10-7-11(14)8-16-13(10)12/h2-4,7-9,17H,5H2,1H3. The Hall–Kier alpha value is -1.60. The highest BCUT2D eigenvalue weighted by molar-refractivity contribution is 9.10. The van der Waals surface area contributed by atoms with Gasteiger partial charge in [0.15, 0.2) is 0 Å². The molecular formula is C13H12BrN3. The van der Waals surface area contributed by atoms with Crippen LogP contribution >= 0.6 is 15.9 Å². The predicted octanol–water partition coefficient (Wildman–Crippen LogP) is 3.71. The summed E-state index contributed by atoms with van der Waals surface area (Å²) < 4.78 is 0.965. The van der Waals surface area contributed by atoms with Gasteiger partial charge in [0.05, 0.1) is 23.7 Å². The summed E-state index contributed by atoms with van der Waals surface area (Å²) in [5.41, 5.74) is 1.90. The van der Waals surface area contributed by atoms with Crippen LogP contribution in [0.5, 0.6) is 0 Å². The number of aromatic nitrogens is 1. The van der Waals surface area contributed by atoms with E-state index in [0.29, 0.717) is 6.42 Å². The van der Waals surface area contributed by atoms with E-state index in [1.807, 2.05) is 31.2 Å². The molecule has 1 unspecified atom stereocenters. The van der Waals surface area contributed by atoms with Crippen LogP contribution in [0.1, 0.15) is 13.3 Å². The molecule has 3 nitrogen and oxygen atoms in total. The second-order valence-electron chi connectivity index (χ2n) is 3.94. The molecule has 1 atom stereocenters. The number of halogens is 1. The minimum atomic E-state index is 0.121. The summed E-state index contributed by atoms with van der Waals surface area (Å²) in [5, 5.41) is 13.0.